The van der Waals surface area contributed by atoms with Crippen LogP contribution in [0.2, 0.25) is 5.02 Å². The van der Waals surface area contributed by atoms with Gasteiger partial charge in [0.25, 0.3) is 5.91 Å². The van der Waals surface area contributed by atoms with Crippen molar-refractivity contribution < 1.29 is 9.53 Å². The lowest BCUT2D eigenvalue weighted by molar-refractivity contribution is -0.118. The summed E-state index contributed by atoms with van der Waals surface area (Å²) in [4.78, 5) is 16.5. The summed E-state index contributed by atoms with van der Waals surface area (Å²) >= 11 is 7.37. The molecule has 0 aliphatic rings. The quantitative estimate of drug-likeness (QED) is 0.713. The number of aromatic nitrogens is 1. The molecule has 0 saturated heterocycles. The Labute approximate surface area is 149 Å². The molecule has 0 bridgehead atoms. The number of ether oxygens (including phenoxy) is 1. The van der Waals surface area contributed by atoms with Crippen LogP contribution in [0.25, 0.3) is 11.3 Å². The van der Waals surface area contributed by atoms with Gasteiger partial charge in [-0.15, -0.1) is 11.3 Å². The Hall–Kier alpha value is -2.37. The molecule has 0 unspecified atom stereocenters. The van der Waals surface area contributed by atoms with E-state index in [1.165, 1.54) is 11.3 Å². The molecule has 3 aromatic rings. The van der Waals surface area contributed by atoms with Gasteiger partial charge in [0.05, 0.1) is 10.7 Å². The third kappa shape index (κ3) is 3.93. The number of carbonyl (C=O) groups excluding carboxylic acids is 1. The summed E-state index contributed by atoms with van der Waals surface area (Å²) in [5.74, 6) is 0.203. The number of amides is 1. The third-order valence-corrected chi connectivity index (χ3v) is 4.44. The number of nitrogens with zero attached hydrogens (tertiary/aromatic N) is 1. The Morgan fingerprint density at radius 1 is 1.21 bits per heavy atom. The van der Waals surface area contributed by atoms with Gasteiger partial charge in [-0.3, -0.25) is 10.1 Å². The van der Waals surface area contributed by atoms with Gasteiger partial charge in [-0.05, 0) is 24.6 Å². The molecule has 3 rings (SSSR count). The van der Waals surface area contributed by atoms with E-state index in [9.17, 15) is 4.79 Å². The molecule has 24 heavy (non-hydrogen) atoms. The van der Waals surface area contributed by atoms with Crippen LogP contribution in [0.1, 0.15) is 5.56 Å². The maximum Gasteiger partial charge on any atom is 0.264 e. The second kappa shape index (κ2) is 7.47. The molecule has 0 saturated carbocycles. The van der Waals surface area contributed by atoms with Crippen LogP contribution in [0.5, 0.6) is 5.75 Å². The SMILES string of the molecule is Cc1ccccc1-c1csc(NC(=O)COc2ccccc2Cl)n1. The number of hydrogen-bond donors (Lipinski definition) is 1. The fraction of sp³-hybridized carbons (Fsp3) is 0.111. The fourth-order valence-electron chi connectivity index (χ4n) is 2.18. The van der Waals surface area contributed by atoms with Gasteiger partial charge in [0, 0.05) is 10.9 Å². The number of benzene rings is 2. The van der Waals surface area contributed by atoms with E-state index >= 15 is 0 Å². The first kappa shape index (κ1) is 16.5. The normalized spacial score (nSPS) is 10.4. The van der Waals surface area contributed by atoms with Crippen LogP contribution < -0.4 is 10.1 Å². The number of carbonyl (C=O) groups is 1. The van der Waals surface area contributed by atoms with E-state index in [1.807, 2.05) is 36.6 Å². The van der Waals surface area contributed by atoms with Crippen LogP contribution in [0.3, 0.4) is 0 Å². The van der Waals surface area contributed by atoms with E-state index in [2.05, 4.69) is 10.3 Å². The zero-order chi connectivity index (χ0) is 16.9. The Morgan fingerprint density at radius 2 is 1.96 bits per heavy atom. The van der Waals surface area contributed by atoms with E-state index in [4.69, 9.17) is 16.3 Å². The Bertz CT molecular complexity index is 863. The number of rotatable bonds is 5. The van der Waals surface area contributed by atoms with E-state index in [0.29, 0.717) is 15.9 Å². The largest absolute Gasteiger partial charge is 0.482 e. The van der Waals surface area contributed by atoms with Gasteiger partial charge in [0.2, 0.25) is 0 Å². The number of halogens is 1. The lowest BCUT2D eigenvalue weighted by Crippen LogP contribution is -2.20. The molecule has 122 valence electrons. The number of nitrogens with one attached hydrogen (secondary N) is 1. The summed E-state index contributed by atoms with van der Waals surface area (Å²) < 4.78 is 5.41. The van der Waals surface area contributed by atoms with Crippen LogP contribution in [0, 0.1) is 6.92 Å². The lowest BCUT2D eigenvalue weighted by Gasteiger charge is -2.07. The minimum atomic E-state index is -0.277. The maximum atomic E-state index is 12.0. The Morgan fingerprint density at radius 3 is 2.75 bits per heavy atom. The molecular weight excluding hydrogens is 344 g/mol. The lowest BCUT2D eigenvalue weighted by atomic mass is 10.1. The van der Waals surface area contributed by atoms with Gasteiger partial charge >= 0.3 is 0 Å². The number of anilines is 1. The van der Waals surface area contributed by atoms with Crippen LogP contribution >= 0.6 is 22.9 Å². The average molecular weight is 359 g/mol. The predicted octanol–water partition coefficient (Wildman–Crippen LogP) is 4.79. The minimum absolute atomic E-state index is 0.122. The maximum absolute atomic E-state index is 12.0. The second-order valence-corrected chi connectivity index (χ2v) is 6.39. The van der Waals surface area contributed by atoms with Crippen molar-refractivity contribution in [3.05, 3.63) is 64.5 Å². The van der Waals surface area contributed by atoms with Crippen LogP contribution in [0.15, 0.2) is 53.9 Å². The van der Waals surface area contributed by atoms with Crippen molar-refractivity contribution in [1.29, 1.82) is 0 Å². The molecule has 1 N–H and O–H groups in total. The first-order chi connectivity index (χ1) is 11.6. The Kier molecular flexibility index (Phi) is 5.13. The predicted molar refractivity (Wildman–Crippen MR) is 97.9 cm³/mol. The van der Waals surface area contributed by atoms with Crippen LogP contribution in [-0.4, -0.2) is 17.5 Å². The van der Waals surface area contributed by atoms with Crippen molar-refractivity contribution >= 4 is 34.0 Å². The van der Waals surface area contributed by atoms with Crippen LogP contribution in [0.4, 0.5) is 5.13 Å². The molecule has 1 amide bonds. The first-order valence-corrected chi connectivity index (χ1v) is 8.58. The van der Waals surface area contributed by atoms with Gasteiger partial charge < -0.3 is 4.74 Å². The summed E-state index contributed by atoms with van der Waals surface area (Å²) in [6.07, 6.45) is 0. The number of thiazole rings is 1. The molecule has 0 atom stereocenters. The van der Waals surface area contributed by atoms with E-state index in [-0.39, 0.29) is 12.5 Å². The van der Waals surface area contributed by atoms with Crippen molar-refractivity contribution in [2.45, 2.75) is 6.92 Å². The molecule has 0 aliphatic heterocycles. The average Bonchev–Trinajstić information content (AvgIpc) is 3.03. The number of para-hydroxylation sites is 1. The molecule has 0 fully saturated rings. The number of aryl methyl sites for hydroxylation is 1. The van der Waals surface area contributed by atoms with Crippen LogP contribution in [-0.2, 0) is 4.79 Å². The topological polar surface area (TPSA) is 51.2 Å². The van der Waals surface area contributed by atoms with Crippen molar-refractivity contribution in [2.24, 2.45) is 0 Å². The molecule has 0 spiro atoms. The van der Waals surface area contributed by atoms with Gasteiger partial charge in [0.15, 0.2) is 11.7 Å². The summed E-state index contributed by atoms with van der Waals surface area (Å²) in [6, 6.07) is 15.0. The molecular formula is C18H15ClN2O2S. The molecule has 2 aromatic carbocycles. The minimum Gasteiger partial charge on any atom is -0.482 e. The van der Waals surface area contributed by atoms with Gasteiger partial charge in [0.1, 0.15) is 5.75 Å². The van der Waals surface area contributed by atoms with Crippen molar-refractivity contribution in [3.63, 3.8) is 0 Å². The van der Waals surface area contributed by atoms with Crippen molar-refractivity contribution in [3.8, 4) is 17.0 Å². The van der Waals surface area contributed by atoms with Gasteiger partial charge in [-0.1, -0.05) is 48.0 Å². The summed E-state index contributed by atoms with van der Waals surface area (Å²) in [6.45, 7) is 1.91. The Balaban J connectivity index is 1.62. The van der Waals surface area contributed by atoms with E-state index in [1.54, 1.807) is 24.3 Å². The molecule has 6 heteroatoms. The standard InChI is InChI=1S/C18H15ClN2O2S/c1-12-6-2-3-7-13(12)15-11-24-18(20-15)21-17(22)10-23-16-9-5-4-8-14(16)19/h2-9,11H,10H2,1H3,(H,20,21,22). The van der Waals surface area contributed by atoms with E-state index < -0.39 is 0 Å². The highest BCUT2D eigenvalue weighted by molar-refractivity contribution is 7.14. The smallest absolute Gasteiger partial charge is 0.264 e. The summed E-state index contributed by atoms with van der Waals surface area (Å²) in [5.41, 5.74) is 3.05. The molecule has 0 aliphatic carbocycles. The zero-order valence-corrected chi connectivity index (χ0v) is 14.5. The first-order valence-electron chi connectivity index (χ1n) is 7.32. The highest BCUT2D eigenvalue weighted by atomic mass is 35.5. The van der Waals surface area contributed by atoms with Crippen molar-refractivity contribution in [1.82, 2.24) is 4.98 Å². The summed E-state index contributed by atoms with van der Waals surface area (Å²) in [5, 5.41) is 5.68. The monoisotopic (exact) mass is 358 g/mol. The highest BCUT2D eigenvalue weighted by Crippen LogP contribution is 2.27. The molecule has 1 aromatic heterocycles. The third-order valence-electron chi connectivity index (χ3n) is 3.37. The van der Waals surface area contributed by atoms with E-state index in [0.717, 1.165) is 16.8 Å². The van der Waals surface area contributed by atoms with Gasteiger partial charge in [-0.25, -0.2) is 4.98 Å². The molecule has 1 heterocycles. The van der Waals surface area contributed by atoms with Crippen molar-refractivity contribution in [2.75, 3.05) is 11.9 Å². The molecule has 0 radical (unpaired) electrons. The highest BCUT2D eigenvalue weighted by Gasteiger charge is 2.10. The number of hydrogen-bond acceptors (Lipinski definition) is 4. The molecule has 4 nitrogen and oxygen atoms in total. The second-order valence-electron chi connectivity index (χ2n) is 5.12. The fourth-order valence-corrected chi connectivity index (χ4v) is 3.09. The zero-order valence-electron chi connectivity index (χ0n) is 13.0. The van der Waals surface area contributed by atoms with Gasteiger partial charge in [-0.2, -0.15) is 0 Å². The summed E-state index contributed by atoms with van der Waals surface area (Å²) in [7, 11) is 0.